The van der Waals surface area contributed by atoms with Crippen molar-refractivity contribution < 1.29 is 14.3 Å². The van der Waals surface area contributed by atoms with Crippen LogP contribution in [-0.4, -0.2) is 41.6 Å². The zero-order valence-corrected chi connectivity index (χ0v) is 15.8. The van der Waals surface area contributed by atoms with Crippen molar-refractivity contribution in [3.63, 3.8) is 0 Å². The highest BCUT2D eigenvalue weighted by molar-refractivity contribution is 5.76. The largest absolute Gasteiger partial charge is 0.444 e. The fraction of sp³-hybridized carbons (Fsp3) is 0.895. The number of carbonyl (C=O) groups excluding carboxylic acids is 2. The smallest absolute Gasteiger partial charge is 0.410 e. The summed E-state index contributed by atoms with van der Waals surface area (Å²) in [6.07, 6.45) is 6.97. The highest BCUT2D eigenvalue weighted by atomic mass is 16.6. The molecule has 1 saturated carbocycles. The number of rotatable bonds is 3. The van der Waals surface area contributed by atoms with Gasteiger partial charge in [0.05, 0.1) is 0 Å². The van der Waals surface area contributed by atoms with Gasteiger partial charge in [-0.3, -0.25) is 4.79 Å². The fourth-order valence-electron chi connectivity index (χ4n) is 3.70. The molecular weight excluding hydrogens is 304 g/mol. The topological polar surface area (TPSA) is 58.6 Å². The molecule has 0 aromatic carbocycles. The second-order valence-electron chi connectivity index (χ2n) is 8.55. The lowest BCUT2D eigenvalue weighted by molar-refractivity contribution is -0.123. The van der Waals surface area contributed by atoms with E-state index >= 15 is 0 Å². The average molecular weight is 338 g/mol. The molecule has 2 unspecified atom stereocenters. The van der Waals surface area contributed by atoms with Gasteiger partial charge < -0.3 is 15.0 Å². The van der Waals surface area contributed by atoms with Crippen molar-refractivity contribution in [2.75, 3.05) is 13.1 Å². The van der Waals surface area contributed by atoms with E-state index in [1.807, 2.05) is 20.8 Å². The molecule has 5 nitrogen and oxygen atoms in total. The molecule has 2 aliphatic rings. The van der Waals surface area contributed by atoms with Crippen LogP contribution >= 0.6 is 0 Å². The highest BCUT2D eigenvalue weighted by Crippen LogP contribution is 2.25. The molecule has 0 spiro atoms. The summed E-state index contributed by atoms with van der Waals surface area (Å²) >= 11 is 0. The summed E-state index contributed by atoms with van der Waals surface area (Å²) in [6, 6.07) is 0.355. The van der Waals surface area contributed by atoms with Gasteiger partial charge in [-0.25, -0.2) is 4.79 Å². The van der Waals surface area contributed by atoms with Gasteiger partial charge in [0.25, 0.3) is 0 Å². The normalized spacial score (nSPS) is 26.1. The number of ether oxygens (including phenoxy) is 1. The molecular formula is C19H34N2O3. The summed E-state index contributed by atoms with van der Waals surface area (Å²) < 4.78 is 5.41. The van der Waals surface area contributed by atoms with Crippen LogP contribution in [0, 0.1) is 11.8 Å². The first kappa shape index (κ1) is 19.1. The van der Waals surface area contributed by atoms with Crippen molar-refractivity contribution in [1.29, 1.82) is 0 Å². The first-order valence-corrected chi connectivity index (χ1v) is 9.52. The van der Waals surface area contributed by atoms with E-state index in [0.29, 0.717) is 37.4 Å². The maximum Gasteiger partial charge on any atom is 0.410 e. The molecule has 2 rings (SSSR count). The molecule has 1 N–H and O–H groups in total. The summed E-state index contributed by atoms with van der Waals surface area (Å²) in [4.78, 5) is 26.1. The van der Waals surface area contributed by atoms with Crippen LogP contribution in [0.4, 0.5) is 4.79 Å². The van der Waals surface area contributed by atoms with E-state index in [0.717, 1.165) is 19.3 Å². The zero-order valence-electron chi connectivity index (χ0n) is 15.8. The number of amides is 2. The van der Waals surface area contributed by atoms with Crippen LogP contribution in [-0.2, 0) is 9.53 Å². The zero-order chi connectivity index (χ0) is 17.7. The predicted molar refractivity (Wildman–Crippen MR) is 94.7 cm³/mol. The summed E-state index contributed by atoms with van der Waals surface area (Å²) in [7, 11) is 0. The second kappa shape index (κ2) is 8.21. The lowest BCUT2D eigenvalue weighted by Gasteiger charge is -2.34. The van der Waals surface area contributed by atoms with E-state index in [-0.39, 0.29) is 12.0 Å². The Kier molecular flexibility index (Phi) is 6.53. The minimum absolute atomic E-state index is 0.185. The minimum atomic E-state index is -0.454. The Morgan fingerprint density at radius 3 is 2.29 bits per heavy atom. The lowest BCUT2D eigenvalue weighted by atomic mass is 9.85. The monoisotopic (exact) mass is 338 g/mol. The summed E-state index contributed by atoms with van der Waals surface area (Å²) in [5.41, 5.74) is -0.454. The van der Waals surface area contributed by atoms with Crippen LogP contribution < -0.4 is 5.32 Å². The summed E-state index contributed by atoms with van der Waals surface area (Å²) in [5.74, 6) is 1.16. The van der Waals surface area contributed by atoms with E-state index in [2.05, 4.69) is 12.2 Å². The summed E-state index contributed by atoms with van der Waals surface area (Å²) in [6.45, 7) is 9.26. The lowest BCUT2D eigenvalue weighted by Crippen LogP contribution is -2.44. The minimum Gasteiger partial charge on any atom is -0.444 e. The third-order valence-electron chi connectivity index (χ3n) is 5.20. The van der Waals surface area contributed by atoms with Gasteiger partial charge in [-0.2, -0.15) is 0 Å². The molecule has 1 heterocycles. The van der Waals surface area contributed by atoms with E-state index < -0.39 is 5.60 Å². The van der Waals surface area contributed by atoms with Gasteiger partial charge in [0, 0.05) is 25.6 Å². The number of nitrogens with zero attached hydrogens (tertiary/aromatic N) is 1. The third-order valence-corrected chi connectivity index (χ3v) is 5.20. The van der Waals surface area contributed by atoms with E-state index in [1.165, 1.54) is 19.3 Å². The third kappa shape index (κ3) is 5.99. The first-order chi connectivity index (χ1) is 11.2. The molecule has 138 valence electrons. The Balaban J connectivity index is 1.70. The number of hydrogen-bond acceptors (Lipinski definition) is 3. The Hall–Kier alpha value is -1.26. The van der Waals surface area contributed by atoms with Crippen LogP contribution in [0.2, 0.25) is 0 Å². The SMILES string of the molecule is CC1CCCCC1NC(=O)CC1CCN(C(=O)OC(C)(C)C)CC1. The molecule has 0 bridgehead atoms. The maximum atomic E-state index is 12.3. The van der Waals surface area contributed by atoms with E-state index in [1.54, 1.807) is 4.90 Å². The molecule has 5 heteroatoms. The number of carbonyl (C=O) groups is 2. The van der Waals surface area contributed by atoms with Crippen LogP contribution in [0.5, 0.6) is 0 Å². The van der Waals surface area contributed by atoms with Gasteiger partial charge in [-0.15, -0.1) is 0 Å². The van der Waals surface area contributed by atoms with E-state index in [4.69, 9.17) is 4.74 Å². The van der Waals surface area contributed by atoms with Gasteiger partial charge in [0.1, 0.15) is 5.60 Å². The fourth-order valence-corrected chi connectivity index (χ4v) is 3.70. The molecule has 2 atom stereocenters. The predicted octanol–water partition coefficient (Wildman–Crippen LogP) is 3.72. The maximum absolute atomic E-state index is 12.3. The molecule has 2 amide bonds. The number of likely N-dealkylation sites (tertiary alicyclic amines) is 1. The molecule has 0 aromatic rings. The Morgan fingerprint density at radius 1 is 1.08 bits per heavy atom. The Morgan fingerprint density at radius 2 is 1.71 bits per heavy atom. The van der Waals surface area contributed by atoms with Crippen LogP contribution in [0.25, 0.3) is 0 Å². The van der Waals surface area contributed by atoms with E-state index in [9.17, 15) is 9.59 Å². The molecule has 2 fully saturated rings. The molecule has 0 radical (unpaired) electrons. The summed E-state index contributed by atoms with van der Waals surface area (Å²) in [5, 5.41) is 3.24. The number of hydrogen-bond donors (Lipinski definition) is 1. The Bertz CT molecular complexity index is 436. The molecule has 24 heavy (non-hydrogen) atoms. The number of piperidine rings is 1. The molecule has 0 aromatic heterocycles. The Labute approximate surface area is 146 Å². The van der Waals surface area contributed by atoms with Crippen LogP contribution in [0.1, 0.15) is 72.6 Å². The molecule has 1 aliphatic carbocycles. The van der Waals surface area contributed by atoms with Crippen molar-refractivity contribution in [1.82, 2.24) is 10.2 Å². The quantitative estimate of drug-likeness (QED) is 0.853. The number of nitrogens with one attached hydrogen (secondary N) is 1. The van der Waals surface area contributed by atoms with Gasteiger partial charge in [0.2, 0.25) is 5.91 Å². The van der Waals surface area contributed by atoms with Gasteiger partial charge >= 0.3 is 6.09 Å². The van der Waals surface area contributed by atoms with Crippen molar-refractivity contribution in [3.8, 4) is 0 Å². The van der Waals surface area contributed by atoms with Crippen molar-refractivity contribution in [2.24, 2.45) is 11.8 Å². The standard InChI is InChI=1S/C19H34N2O3/c1-14-7-5-6-8-16(14)20-17(22)13-15-9-11-21(12-10-15)18(23)24-19(2,3)4/h14-16H,5-13H2,1-4H3,(H,20,22). The highest BCUT2D eigenvalue weighted by Gasteiger charge is 2.29. The first-order valence-electron chi connectivity index (χ1n) is 9.52. The van der Waals surface area contributed by atoms with Gasteiger partial charge in [0.15, 0.2) is 0 Å². The van der Waals surface area contributed by atoms with Gasteiger partial charge in [-0.1, -0.05) is 19.8 Å². The second-order valence-corrected chi connectivity index (χ2v) is 8.55. The van der Waals surface area contributed by atoms with Crippen molar-refractivity contribution in [2.45, 2.75) is 84.3 Å². The average Bonchev–Trinajstić information content (AvgIpc) is 2.48. The van der Waals surface area contributed by atoms with Gasteiger partial charge in [-0.05, 0) is 58.3 Å². The molecule has 1 aliphatic heterocycles. The van der Waals surface area contributed by atoms with Crippen LogP contribution in [0.15, 0.2) is 0 Å². The van der Waals surface area contributed by atoms with Crippen molar-refractivity contribution >= 4 is 12.0 Å². The molecule has 1 saturated heterocycles. The van der Waals surface area contributed by atoms with Crippen LogP contribution in [0.3, 0.4) is 0 Å². The van der Waals surface area contributed by atoms with Crippen molar-refractivity contribution in [3.05, 3.63) is 0 Å².